The lowest BCUT2D eigenvalue weighted by atomic mass is 10.0. The summed E-state index contributed by atoms with van der Waals surface area (Å²) in [5.41, 5.74) is 4.05. The zero-order chi connectivity index (χ0) is 22.1. The van der Waals surface area contributed by atoms with Crippen LogP contribution in [0, 0.1) is 12.7 Å². The monoisotopic (exact) mass is 427 g/mol. The number of benzene rings is 2. The lowest BCUT2D eigenvalue weighted by molar-refractivity contribution is 0.102. The highest BCUT2D eigenvalue weighted by molar-refractivity contribution is 6.13. The van der Waals surface area contributed by atoms with Crippen LogP contribution in [0.3, 0.4) is 0 Å². The molecule has 5 aromatic rings. The Morgan fingerprint density at radius 3 is 2.78 bits per heavy atom. The highest BCUT2D eigenvalue weighted by Gasteiger charge is 2.19. The Morgan fingerprint density at radius 1 is 1.16 bits per heavy atom. The lowest BCUT2D eigenvalue weighted by Crippen LogP contribution is -2.13. The van der Waals surface area contributed by atoms with Crippen molar-refractivity contribution in [1.29, 1.82) is 0 Å². The van der Waals surface area contributed by atoms with Gasteiger partial charge in [-0.1, -0.05) is 17.3 Å². The summed E-state index contributed by atoms with van der Waals surface area (Å²) in [7, 11) is 0. The largest absolute Gasteiger partial charge is 0.335 e. The molecule has 0 fully saturated rings. The van der Waals surface area contributed by atoms with E-state index in [4.69, 9.17) is 4.52 Å². The van der Waals surface area contributed by atoms with Crippen molar-refractivity contribution in [2.75, 3.05) is 5.32 Å². The van der Waals surface area contributed by atoms with Crippen LogP contribution in [-0.4, -0.2) is 25.6 Å². The van der Waals surface area contributed by atoms with Crippen LogP contribution in [0.15, 0.2) is 77.8 Å². The SMILES string of the molecule is Cc1noc2nc(-c3ccc(F)cc3)cc(C(=O)Nc3cccc(Cn4ccnc4)c3)c12. The van der Waals surface area contributed by atoms with Gasteiger partial charge in [-0.15, -0.1) is 0 Å². The minimum atomic E-state index is -0.348. The maximum absolute atomic E-state index is 13.3. The van der Waals surface area contributed by atoms with Gasteiger partial charge in [0.25, 0.3) is 11.6 Å². The number of carbonyl (C=O) groups excluding carboxylic acids is 1. The van der Waals surface area contributed by atoms with Gasteiger partial charge in [0.05, 0.1) is 28.7 Å². The number of imidazole rings is 1. The van der Waals surface area contributed by atoms with Gasteiger partial charge in [-0.3, -0.25) is 4.79 Å². The van der Waals surface area contributed by atoms with E-state index in [1.165, 1.54) is 12.1 Å². The number of carbonyl (C=O) groups is 1. The smallest absolute Gasteiger partial charge is 0.259 e. The summed E-state index contributed by atoms with van der Waals surface area (Å²) in [5.74, 6) is -0.661. The van der Waals surface area contributed by atoms with E-state index < -0.39 is 0 Å². The Kier molecular flexibility index (Phi) is 4.95. The lowest BCUT2D eigenvalue weighted by Gasteiger charge is -2.10. The highest BCUT2D eigenvalue weighted by atomic mass is 19.1. The third kappa shape index (κ3) is 3.85. The molecule has 0 aliphatic carbocycles. The van der Waals surface area contributed by atoms with E-state index in [1.54, 1.807) is 37.6 Å². The van der Waals surface area contributed by atoms with Gasteiger partial charge in [0.15, 0.2) is 0 Å². The number of hydrogen-bond acceptors (Lipinski definition) is 5. The number of rotatable bonds is 5. The van der Waals surface area contributed by atoms with Gasteiger partial charge in [0.1, 0.15) is 5.82 Å². The summed E-state index contributed by atoms with van der Waals surface area (Å²) >= 11 is 0. The number of nitrogens with one attached hydrogen (secondary N) is 1. The molecule has 32 heavy (non-hydrogen) atoms. The predicted molar refractivity (Wildman–Crippen MR) is 118 cm³/mol. The number of pyridine rings is 1. The molecular weight excluding hydrogens is 409 g/mol. The summed E-state index contributed by atoms with van der Waals surface area (Å²) in [5, 5.41) is 7.46. The quantitative estimate of drug-likeness (QED) is 0.434. The molecule has 5 rings (SSSR count). The second-order valence-electron chi connectivity index (χ2n) is 7.40. The molecule has 0 unspecified atom stereocenters. The maximum Gasteiger partial charge on any atom is 0.259 e. The molecule has 0 saturated heterocycles. The molecule has 1 amide bonds. The number of nitrogens with zero attached hydrogens (tertiary/aromatic N) is 4. The van der Waals surface area contributed by atoms with E-state index in [2.05, 4.69) is 20.4 Å². The molecule has 0 radical (unpaired) electrons. The van der Waals surface area contributed by atoms with Gasteiger partial charge in [-0.05, 0) is 55.0 Å². The molecule has 0 spiro atoms. The third-order valence-electron chi connectivity index (χ3n) is 5.11. The van der Waals surface area contributed by atoms with Crippen molar-refractivity contribution >= 4 is 22.7 Å². The van der Waals surface area contributed by atoms with Crippen molar-refractivity contribution in [3.63, 3.8) is 0 Å². The maximum atomic E-state index is 13.3. The first-order valence-corrected chi connectivity index (χ1v) is 9.96. The van der Waals surface area contributed by atoms with Crippen molar-refractivity contribution in [2.45, 2.75) is 13.5 Å². The summed E-state index contributed by atoms with van der Waals surface area (Å²) in [4.78, 5) is 21.8. The molecule has 3 aromatic heterocycles. The molecule has 3 heterocycles. The normalized spacial score (nSPS) is 11.1. The number of fused-ring (bicyclic) bond motifs is 1. The number of halogens is 1. The van der Waals surface area contributed by atoms with Crippen LogP contribution < -0.4 is 5.32 Å². The molecule has 8 heteroatoms. The number of anilines is 1. The zero-order valence-corrected chi connectivity index (χ0v) is 17.1. The van der Waals surface area contributed by atoms with Crippen LogP contribution in [0.1, 0.15) is 21.6 Å². The van der Waals surface area contributed by atoms with Gasteiger partial charge in [0.2, 0.25) is 0 Å². The second kappa shape index (κ2) is 8.07. The van der Waals surface area contributed by atoms with Crippen LogP contribution in [0.25, 0.3) is 22.4 Å². The topological polar surface area (TPSA) is 85.8 Å². The van der Waals surface area contributed by atoms with Gasteiger partial charge in [-0.2, -0.15) is 0 Å². The predicted octanol–water partition coefficient (Wildman–Crippen LogP) is 4.83. The van der Waals surface area contributed by atoms with Crippen molar-refractivity contribution in [1.82, 2.24) is 19.7 Å². The number of aryl methyl sites for hydroxylation is 1. The van der Waals surface area contributed by atoms with Crippen molar-refractivity contribution in [2.24, 2.45) is 0 Å². The van der Waals surface area contributed by atoms with Gasteiger partial charge in [0, 0.05) is 30.2 Å². The Balaban J connectivity index is 1.49. The van der Waals surface area contributed by atoms with E-state index in [1.807, 2.05) is 35.0 Å². The van der Waals surface area contributed by atoms with Crippen LogP contribution in [0.2, 0.25) is 0 Å². The molecule has 0 bridgehead atoms. The van der Waals surface area contributed by atoms with E-state index in [0.717, 1.165) is 5.56 Å². The molecule has 0 saturated carbocycles. The van der Waals surface area contributed by atoms with Gasteiger partial charge >= 0.3 is 0 Å². The average Bonchev–Trinajstić information content (AvgIpc) is 3.44. The Labute approximate surface area is 182 Å². The fraction of sp³-hybridized carbons (Fsp3) is 0.0833. The number of amides is 1. The molecule has 1 N–H and O–H groups in total. The van der Waals surface area contributed by atoms with E-state index in [9.17, 15) is 9.18 Å². The molecule has 0 aliphatic heterocycles. The molecule has 2 aromatic carbocycles. The minimum Gasteiger partial charge on any atom is -0.335 e. The minimum absolute atomic E-state index is 0.253. The first kappa shape index (κ1) is 19.6. The third-order valence-corrected chi connectivity index (χ3v) is 5.11. The van der Waals surface area contributed by atoms with Crippen molar-refractivity contribution < 1.29 is 13.7 Å². The number of hydrogen-bond donors (Lipinski definition) is 1. The molecule has 0 atom stereocenters. The highest BCUT2D eigenvalue weighted by Crippen LogP contribution is 2.28. The fourth-order valence-electron chi connectivity index (χ4n) is 3.58. The van der Waals surface area contributed by atoms with Crippen LogP contribution in [0.5, 0.6) is 0 Å². The summed E-state index contributed by atoms with van der Waals surface area (Å²) in [6, 6.07) is 15.2. The van der Waals surface area contributed by atoms with Crippen molar-refractivity contribution in [3.05, 3.63) is 96.0 Å². The Bertz CT molecular complexity index is 1410. The first-order chi connectivity index (χ1) is 15.6. The zero-order valence-electron chi connectivity index (χ0n) is 17.1. The van der Waals surface area contributed by atoms with E-state index in [0.29, 0.717) is 40.1 Å². The average molecular weight is 427 g/mol. The van der Waals surface area contributed by atoms with Crippen LogP contribution in [-0.2, 0) is 6.54 Å². The molecular formula is C24H18FN5O2. The molecule has 0 aliphatic rings. The Morgan fingerprint density at radius 2 is 2.00 bits per heavy atom. The standard InChI is InChI=1S/C24H18FN5O2/c1-15-22-20(12-21(28-24(22)32-29-15)17-5-7-18(25)8-6-17)23(31)27-19-4-2-3-16(11-19)13-30-10-9-26-14-30/h2-12,14H,13H2,1H3,(H,27,31). The van der Waals surface area contributed by atoms with E-state index in [-0.39, 0.29) is 17.4 Å². The second-order valence-corrected chi connectivity index (χ2v) is 7.40. The van der Waals surface area contributed by atoms with Crippen LogP contribution >= 0.6 is 0 Å². The number of aromatic nitrogens is 4. The Hall–Kier alpha value is -4.33. The van der Waals surface area contributed by atoms with Gasteiger partial charge in [-0.25, -0.2) is 14.4 Å². The fourth-order valence-corrected chi connectivity index (χ4v) is 3.58. The van der Waals surface area contributed by atoms with E-state index >= 15 is 0 Å². The van der Waals surface area contributed by atoms with Crippen molar-refractivity contribution in [3.8, 4) is 11.3 Å². The summed E-state index contributed by atoms with van der Waals surface area (Å²) in [6.45, 7) is 2.40. The van der Waals surface area contributed by atoms with Crippen LogP contribution in [0.4, 0.5) is 10.1 Å². The molecule has 7 nitrogen and oxygen atoms in total. The van der Waals surface area contributed by atoms with Gasteiger partial charge < -0.3 is 14.4 Å². The summed E-state index contributed by atoms with van der Waals surface area (Å²) in [6.07, 6.45) is 5.34. The molecule has 158 valence electrons. The summed E-state index contributed by atoms with van der Waals surface area (Å²) < 4.78 is 20.6. The first-order valence-electron chi connectivity index (χ1n) is 9.96.